The number of nitrogens with zero attached hydrogens (tertiary/aromatic N) is 1. The summed E-state index contributed by atoms with van der Waals surface area (Å²) < 4.78 is 0. The number of rotatable bonds is 2. The van der Waals surface area contributed by atoms with Crippen molar-refractivity contribution in [1.29, 1.82) is 0 Å². The van der Waals surface area contributed by atoms with Crippen molar-refractivity contribution in [2.75, 3.05) is 13.1 Å². The molecule has 1 aromatic rings. The normalized spacial score (nSPS) is 18.8. The van der Waals surface area contributed by atoms with Gasteiger partial charge >= 0.3 is 0 Å². The first-order chi connectivity index (χ1) is 8.02. The highest BCUT2D eigenvalue weighted by Crippen LogP contribution is 2.28. The molecule has 2 N–H and O–H groups in total. The van der Waals surface area contributed by atoms with E-state index in [0.717, 1.165) is 26.1 Å². The standard InChI is InChI=1S/C15H24N2/c1-15(2,3)14(10-16)17-9-8-12-6-4-5-7-13(12)11-17/h4-7,14H,8-11,16H2,1-3H3. The first-order valence-corrected chi connectivity index (χ1v) is 6.53. The summed E-state index contributed by atoms with van der Waals surface area (Å²) >= 11 is 0. The zero-order chi connectivity index (χ0) is 12.5. The van der Waals surface area contributed by atoms with Crippen LogP contribution in [0, 0.1) is 5.41 Å². The van der Waals surface area contributed by atoms with Crippen LogP contribution in [-0.4, -0.2) is 24.0 Å². The molecule has 17 heavy (non-hydrogen) atoms. The molecule has 1 heterocycles. The molecule has 1 aliphatic heterocycles. The summed E-state index contributed by atoms with van der Waals surface area (Å²) in [7, 11) is 0. The fraction of sp³-hybridized carbons (Fsp3) is 0.600. The van der Waals surface area contributed by atoms with Gasteiger partial charge in [0.1, 0.15) is 0 Å². The molecule has 2 heteroatoms. The van der Waals surface area contributed by atoms with Gasteiger partial charge in [0.25, 0.3) is 0 Å². The third kappa shape index (κ3) is 2.70. The lowest BCUT2D eigenvalue weighted by Gasteiger charge is -2.42. The van der Waals surface area contributed by atoms with E-state index in [1.54, 1.807) is 0 Å². The van der Waals surface area contributed by atoms with Gasteiger partial charge in [0, 0.05) is 25.7 Å². The van der Waals surface area contributed by atoms with E-state index >= 15 is 0 Å². The van der Waals surface area contributed by atoms with Crippen LogP contribution in [0.2, 0.25) is 0 Å². The van der Waals surface area contributed by atoms with E-state index in [2.05, 4.69) is 49.9 Å². The minimum atomic E-state index is 0.251. The number of nitrogens with two attached hydrogens (primary N) is 1. The van der Waals surface area contributed by atoms with E-state index < -0.39 is 0 Å². The molecule has 1 aliphatic rings. The van der Waals surface area contributed by atoms with Gasteiger partial charge in [-0.25, -0.2) is 0 Å². The molecule has 0 saturated carbocycles. The Kier molecular flexibility index (Phi) is 3.55. The zero-order valence-corrected chi connectivity index (χ0v) is 11.2. The Morgan fingerprint density at radius 3 is 2.47 bits per heavy atom. The molecular formula is C15H24N2. The van der Waals surface area contributed by atoms with Crippen LogP contribution in [0.1, 0.15) is 31.9 Å². The summed E-state index contributed by atoms with van der Waals surface area (Å²) in [5, 5.41) is 0. The van der Waals surface area contributed by atoms with Crippen LogP contribution in [0.25, 0.3) is 0 Å². The van der Waals surface area contributed by atoms with Crippen LogP contribution in [0.5, 0.6) is 0 Å². The molecule has 0 amide bonds. The van der Waals surface area contributed by atoms with E-state index in [-0.39, 0.29) is 5.41 Å². The van der Waals surface area contributed by atoms with Crippen LogP contribution in [0.3, 0.4) is 0 Å². The maximum absolute atomic E-state index is 5.97. The third-order valence-corrected chi connectivity index (χ3v) is 3.82. The predicted molar refractivity (Wildman–Crippen MR) is 72.9 cm³/mol. The lowest BCUT2D eigenvalue weighted by atomic mass is 9.84. The summed E-state index contributed by atoms with van der Waals surface area (Å²) in [5.41, 5.74) is 9.20. The fourth-order valence-electron chi connectivity index (χ4n) is 2.83. The molecule has 0 saturated heterocycles. The Hall–Kier alpha value is -0.860. The van der Waals surface area contributed by atoms with E-state index in [1.165, 1.54) is 11.1 Å². The van der Waals surface area contributed by atoms with Gasteiger partial charge in [-0.05, 0) is 23.0 Å². The molecule has 0 radical (unpaired) electrons. The zero-order valence-electron chi connectivity index (χ0n) is 11.2. The Labute approximate surface area is 105 Å². The van der Waals surface area contributed by atoms with Crippen LogP contribution >= 0.6 is 0 Å². The fourth-order valence-corrected chi connectivity index (χ4v) is 2.83. The van der Waals surface area contributed by atoms with E-state index in [9.17, 15) is 0 Å². The molecule has 0 fully saturated rings. The van der Waals surface area contributed by atoms with Gasteiger partial charge < -0.3 is 5.73 Å². The van der Waals surface area contributed by atoms with Crippen molar-refractivity contribution < 1.29 is 0 Å². The molecule has 2 nitrogen and oxygen atoms in total. The summed E-state index contributed by atoms with van der Waals surface area (Å²) in [6.07, 6.45) is 1.16. The first-order valence-electron chi connectivity index (χ1n) is 6.53. The average molecular weight is 232 g/mol. The highest BCUT2D eigenvalue weighted by molar-refractivity contribution is 5.29. The van der Waals surface area contributed by atoms with Crippen molar-refractivity contribution in [3.8, 4) is 0 Å². The average Bonchev–Trinajstić information content (AvgIpc) is 2.28. The number of fused-ring (bicyclic) bond motifs is 1. The molecule has 1 unspecified atom stereocenters. The van der Waals surface area contributed by atoms with Gasteiger partial charge in [0.15, 0.2) is 0 Å². The van der Waals surface area contributed by atoms with Gasteiger partial charge in [0.2, 0.25) is 0 Å². The van der Waals surface area contributed by atoms with Crippen LogP contribution < -0.4 is 5.73 Å². The Balaban J connectivity index is 2.16. The van der Waals surface area contributed by atoms with Crippen molar-refractivity contribution >= 4 is 0 Å². The summed E-state index contributed by atoms with van der Waals surface area (Å²) in [5.74, 6) is 0. The van der Waals surface area contributed by atoms with Crippen molar-refractivity contribution in [2.24, 2.45) is 11.1 Å². The third-order valence-electron chi connectivity index (χ3n) is 3.82. The molecular weight excluding hydrogens is 208 g/mol. The SMILES string of the molecule is CC(C)(C)C(CN)N1CCc2ccccc2C1. The van der Waals surface area contributed by atoms with Gasteiger partial charge in [-0.2, -0.15) is 0 Å². The summed E-state index contributed by atoms with van der Waals surface area (Å²) in [6, 6.07) is 9.24. The number of hydrogen-bond acceptors (Lipinski definition) is 2. The molecule has 0 spiro atoms. The van der Waals surface area contributed by atoms with Crippen molar-refractivity contribution in [1.82, 2.24) is 4.90 Å². The van der Waals surface area contributed by atoms with Crippen LogP contribution in [-0.2, 0) is 13.0 Å². The molecule has 94 valence electrons. The molecule has 0 aliphatic carbocycles. The van der Waals surface area contributed by atoms with Gasteiger partial charge in [-0.15, -0.1) is 0 Å². The highest BCUT2D eigenvalue weighted by atomic mass is 15.2. The number of hydrogen-bond donors (Lipinski definition) is 1. The van der Waals surface area contributed by atoms with Crippen molar-refractivity contribution in [3.63, 3.8) is 0 Å². The lowest BCUT2D eigenvalue weighted by molar-refractivity contribution is 0.0923. The quantitative estimate of drug-likeness (QED) is 0.848. The second-order valence-corrected chi connectivity index (χ2v) is 6.11. The van der Waals surface area contributed by atoms with Gasteiger partial charge in [-0.3, -0.25) is 4.90 Å². The van der Waals surface area contributed by atoms with Crippen LogP contribution in [0.4, 0.5) is 0 Å². The summed E-state index contributed by atoms with van der Waals surface area (Å²) in [4.78, 5) is 2.54. The van der Waals surface area contributed by atoms with Crippen LogP contribution in [0.15, 0.2) is 24.3 Å². The smallest absolute Gasteiger partial charge is 0.0270 e. The molecule has 1 atom stereocenters. The number of benzene rings is 1. The second kappa shape index (κ2) is 4.79. The molecule has 2 rings (SSSR count). The Morgan fingerprint density at radius 1 is 1.24 bits per heavy atom. The maximum Gasteiger partial charge on any atom is 0.0270 e. The molecule has 0 aromatic heterocycles. The molecule has 0 bridgehead atoms. The monoisotopic (exact) mass is 232 g/mol. The summed E-state index contributed by atoms with van der Waals surface area (Å²) in [6.45, 7) is 9.78. The van der Waals surface area contributed by atoms with Gasteiger partial charge in [-0.1, -0.05) is 45.0 Å². The highest BCUT2D eigenvalue weighted by Gasteiger charge is 2.30. The van der Waals surface area contributed by atoms with Gasteiger partial charge in [0.05, 0.1) is 0 Å². The molecule has 1 aromatic carbocycles. The first kappa shape index (κ1) is 12.6. The maximum atomic E-state index is 5.97. The lowest BCUT2D eigenvalue weighted by Crippen LogP contribution is -2.50. The van der Waals surface area contributed by atoms with E-state index in [4.69, 9.17) is 5.73 Å². The van der Waals surface area contributed by atoms with E-state index in [1.807, 2.05) is 0 Å². The predicted octanol–water partition coefficient (Wildman–Crippen LogP) is 2.42. The minimum Gasteiger partial charge on any atom is -0.329 e. The second-order valence-electron chi connectivity index (χ2n) is 6.11. The topological polar surface area (TPSA) is 29.3 Å². The van der Waals surface area contributed by atoms with Crippen molar-refractivity contribution in [2.45, 2.75) is 39.8 Å². The minimum absolute atomic E-state index is 0.251. The Morgan fingerprint density at radius 2 is 1.88 bits per heavy atom. The van der Waals surface area contributed by atoms with E-state index in [0.29, 0.717) is 6.04 Å². The Bertz CT molecular complexity index is 379. The largest absolute Gasteiger partial charge is 0.329 e. The van der Waals surface area contributed by atoms with Crippen molar-refractivity contribution in [3.05, 3.63) is 35.4 Å².